The van der Waals surface area contributed by atoms with E-state index in [1.54, 1.807) is 0 Å². The molecule has 0 amide bonds. The molecule has 0 nitrogen and oxygen atoms in total. The molecule has 0 saturated heterocycles. The van der Waals surface area contributed by atoms with Crippen LogP contribution < -0.4 is 0 Å². The highest BCUT2D eigenvalue weighted by molar-refractivity contribution is 5.68. The lowest BCUT2D eigenvalue weighted by Crippen LogP contribution is -1.83. The summed E-state index contributed by atoms with van der Waals surface area (Å²) in [5.41, 5.74) is 5.16. The van der Waals surface area contributed by atoms with Crippen molar-refractivity contribution in [2.45, 2.75) is 13.8 Å². The predicted octanol–water partition coefficient (Wildman–Crippen LogP) is 4.70. The second-order valence-electron chi connectivity index (χ2n) is 3.94. The molecule has 2 rings (SSSR count). The molecule has 0 aliphatic rings. The Bertz CT molecular complexity index is 493. The predicted molar refractivity (Wildman–Crippen MR) is 71.3 cm³/mol. The number of hydrogen-bond acceptors (Lipinski definition) is 0. The Hall–Kier alpha value is -1.82. The zero-order valence-corrected chi connectivity index (χ0v) is 9.77. The molecular weight excluding hydrogens is 192 g/mol. The fourth-order valence-corrected chi connectivity index (χ4v) is 1.81. The average molecular weight is 208 g/mol. The summed E-state index contributed by atoms with van der Waals surface area (Å²) in [4.78, 5) is 0. The van der Waals surface area contributed by atoms with Gasteiger partial charge in [0.25, 0.3) is 0 Å². The van der Waals surface area contributed by atoms with Crippen LogP contribution in [-0.2, 0) is 0 Å². The molecule has 0 heteroatoms. The maximum atomic E-state index is 2.24. The molecule has 2 aromatic rings. The van der Waals surface area contributed by atoms with Crippen LogP contribution in [0, 0.1) is 6.92 Å². The molecule has 0 N–H and O–H groups in total. The van der Waals surface area contributed by atoms with Crippen LogP contribution in [0.5, 0.6) is 0 Å². The number of benzene rings is 2. The minimum absolute atomic E-state index is 1.27. The monoisotopic (exact) mass is 208 g/mol. The molecule has 2 aromatic carbocycles. The lowest BCUT2D eigenvalue weighted by molar-refractivity contribution is 1.44. The fraction of sp³-hybridized carbons (Fsp3) is 0.125. The third-order valence-corrected chi connectivity index (χ3v) is 2.73. The van der Waals surface area contributed by atoms with Gasteiger partial charge in [0.2, 0.25) is 0 Å². The first-order valence-electron chi connectivity index (χ1n) is 5.60. The lowest BCUT2D eigenvalue weighted by Gasteiger charge is -2.05. The molecule has 0 aliphatic heterocycles. The lowest BCUT2D eigenvalue weighted by atomic mass is 9.99. The summed E-state index contributed by atoms with van der Waals surface area (Å²) in [6.07, 6.45) is 4.23. The topological polar surface area (TPSA) is 0 Å². The van der Waals surface area contributed by atoms with Crippen LogP contribution in [0.3, 0.4) is 0 Å². The van der Waals surface area contributed by atoms with Gasteiger partial charge in [-0.3, -0.25) is 0 Å². The Morgan fingerprint density at radius 1 is 0.875 bits per heavy atom. The van der Waals surface area contributed by atoms with Crippen LogP contribution in [0.15, 0.2) is 54.6 Å². The summed E-state index contributed by atoms with van der Waals surface area (Å²) in [5, 5.41) is 0. The van der Waals surface area contributed by atoms with Crippen LogP contribution in [0.4, 0.5) is 0 Å². The molecule has 0 radical (unpaired) electrons. The van der Waals surface area contributed by atoms with Gasteiger partial charge < -0.3 is 0 Å². The Kier molecular flexibility index (Phi) is 3.21. The molecular formula is C16H16. The van der Waals surface area contributed by atoms with Crippen LogP contribution >= 0.6 is 0 Å². The van der Waals surface area contributed by atoms with E-state index < -0.39 is 0 Å². The van der Waals surface area contributed by atoms with Crippen LogP contribution in [0.2, 0.25) is 0 Å². The van der Waals surface area contributed by atoms with E-state index in [2.05, 4.69) is 68.5 Å². The first-order chi connectivity index (χ1) is 7.81. The van der Waals surface area contributed by atoms with Gasteiger partial charge in [0, 0.05) is 0 Å². The number of rotatable bonds is 2. The van der Waals surface area contributed by atoms with Crippen molar-refractivity contribution in [1.82, 2.24) is 0 Å². The third kappa shape index (κ3) is 2.22. The zero-order valence-electron chi connectivity index (χ0n) is 9.77. The van der Waals surface area contributed by atoms with Crippen LogP contribution in [-0.4, -0.2) is 0 Å². The van der Waals surface area contributed by atoms with Gasteiger partial charge >= 0.3 is 0 Å². The number of aryl methyl sites for hydroxylation is 1. The average Bonchev–Trinajstić information content (AvgIpc) is 2.33. The van der Waals surface area contributed by atoms with Crippen molar-refractivity contribution in [2.75, 3.05) is 0 Å². The molecule has 16 heavy (non-hydrogen) atoms. The summed E-state index contributed by atoms with van der Waals surface area (Å²) in [7, 11) is 0. The Morgan fingerprint density at radius 3 is 2.31 bits per heavy atom. The van der Waals surface area contributed by atoms with E-state index in [0.717, 1.165) is 0 Å². The van der Waals surface area contributed by atoms with Crippen molar-refractivity contribution in [3.63, 3.8) is 0 Å². The van der Waals surface area contributed by atoms with Gasteiger partial charge in [-0.15, -0.1) is 0 Å². The molecule has 80 valence electrons. The fourth-order valence-electron chi connectivity index (χ4n) is 1.81. The molecule has 0 aliphatic carbocycles. The number of hydrogen-bond donors (Lipinski definition) is 0. The van der Waals surface area contributed by atoms with E-state index in [9.17, 15) is 0 Å². The van der Waals surface area contributed by atoms with E-state index in [-0.39, 0.29) is 0 Å². The first-order valence-corrected chi connectivity index (χ1v) is 5.60. The van der Waals surface area contributed by atoms with Gasteiger partial charge in [-0.1, -0.05) is 54.6 Å². The second kappa shape index (κ2) is 4.80. The van der Waals surface area contributed by atoms with Crippen molar-refractivity contribution in [1.29, 1.82) is 0 Å². The van der Waals surface area contributed by atoms with Gasteiger partial charge in [-0.25, -0.2) is 0 Å². The molecule has 0 unspecified atom stereocenters. The number of allylic oxidation sites excluding steroid dienone is 1. The molecule has 0 atom stereocenters. The summed E-state index contributed by atoms with van der Waals surface area (Å²) in [5.74, 6) is 0. The zero-order chi connectivity index (χ0) is 11.4. The highest BCUT2D eigenvalue weighted by Crippen LogP contribution is 2.22. The normalized spacial score (nSPS) is 10.9. The largest absolute Gasteiger partial charge is 0.0871 e. The van der Waals surface area contributed by atoms with E-state index in [4.69, 9.17) is 0 Å². The molecule has 0 aromatic heterocycles. The highest BCUT2D eigenvalue weighted by atomic mass is 14.0. The summed E-state index contributed by atoms with van der Waals surface area (Å²) < 4.78 is 0. The third-order valence-electron chi connectivity index (χ3n) is 2.73. The summed E-state index contributed by atoms with van der Waals surface area (Å²) in [6, 6.07) is 17.1. The van der Waals surface area contributed by atoms with Crippen molar-refractivity contribution < 1.29 is 0 Å². The smallest absolute Gasteiger partial charge is 0.0178 e. The van der Waals surface area contributed by atoms with E-state index >= 15 is 0 Å². The highest BCUT2D eigenvalue weighted by Gasteiger charge is 1.99. The molecule has 0 fully saturated rings. The standard InChI is InChI=1S/C16H16/c1-3-7-15-12-16(11-10-13(15)2)14-8-5-4-6-9-14/h3-12H,1-2H3/b7-3-. The molecule has 0 heterocycles. The molecule has 0 saturated carbocycles. The van der Waals surface area contributed by atoms with Crippen LogP contribution in [0.1, 0.15) is 18.1 Å². The summed E-state index contributed by atoms with van der Waals surface area (Å²) in [6.45, 7) is 4.19. The minimum atomic E-state index is 1.27. The van der Waals surface area contributed by atoms with Gasteiger partial charge in [-0.05, 0) is 42.2 Å². The second-order valence-corrected chi connectivity index (χ2v) is 3.94. The van der Waals surface area contributed by atoms with Crippen molar-refractivity contribution >= 4 is 6.08 Å². The van der Waals surface area contributed by atoms with Crippen LogP contribution in [0.25, 0.3) is 17.2 Å². The van der Waals surface area contributed by atoms with E-state index in [0.29, 0.717) is 0 Å². The van der Waals surface area contributed by atoms with Gasteiger partial charge in [0.15, 0.2) is 0 Å². The maximum absolute atomic E-state index is 2.24. The van der Waals surface area contributed by atoms with Gasteiger partial charge in [0.05, 0.1) is 0 Å². The Balaban J connectivity index is 2.48. The Morgan fingerprint density at radius 2 is 1.62 bits per heavy atom. The molecule has 0 spiro atoms. The van der Waals surface area contributed by atoms with Crippen molar-refractivity contribution in [3.8, 4) is 11.1 Å². The summed E-state index contributed by atoms with van der Waals surface area (Å²) >= 11 is 0. The Labute approximate surface area is 97.3 Å². The van der Waals surface area contributed by atoms with Gasteiger partial charge in [0.1, 0.15) is 0 Å². The van der Waals surface area contributed by atoms with E-state index in [1.807, 2.05) is 6.07 Å². The SMILES string of the molecule is C/C=C\c1cc(-c2ccccc2)ccc1C. The quantitative estimate of drug-likeness (QED) is 0.671. The first kappa shape index (κ1) is 10.7. The van der Waals surface area contributed by atoms with Crippen molar-refractivity contribution in [3.05, 3.63) is 65.7 Å². The maximum Gasteiger partial charge on any atom is -0.0178 e. The van der Waals surface area contributed by atoms with Crippen molar-refractivity contribution in [2.24, 2.45) is 0 Å². The minimum Gasteiger partial charge on any atom is -0.0871 e. The molecule has 0 bridgehead atoms. The van der Waals surface area contributed by atoms with E-state index in [1.165, 1.54) is 22.3 Å². The van der Waals surface area contributed by atoms with Gasteiger partial charge in [-0.2, -0.15) is 0 Å².